The number of nitrogens with one attached hydrogen (secondary N) is 1. The largest absolute Gasteiger partial charge is 0.466 e. The van der Waals surface area contributed by atoms with Gasteiger partial charge in [-0.1, -0.05) is 0 Å². The van der Waals surface area contributed by atoms with Crippen molar-refractivity contribution >= 4 is 5.97 Å². The molecular formula is C9H14N2O4. The van der Waals surface area contributed by atoms with Crippen LogP contribution in [0.3, 0.4) is 0 Å². The Morgan fingerprint density at radius 1 is 1.67 bits per heavy atom. The third-order valence-corrected chi connectivity index (χ3v) is 1.85. The molecule has 0 spiro atoms. The van der Waals surface area contributed by atoms with Crippen molar-refractivity contribution in [1.82, 2.24) is 9.97 Å². The number of nitrogens with zero attached hydrogens (tertiary/aromatic N) is 1. The van der Waals surface area contributed by atoms with E-state index in [1.165, 1.54) is 12.4 Å². The molecule has 6 nitrogen and oxygen atoms in total. The molecule has 1 aromatic rings. The zero-order valence-electron chi connectivity index (χ0n) is 8.38. The Morgan fingerprint density at radius 2 is 2.40 bits per heavy atom. The number of ether oxygens (including phenoxy) is 1. The Labute approximate surface area is 86.9 Å². The highest BCUT2D eigenvalue weighted by molar-refractivity contribution is 5.70. The van der Waals surface area contributed by atoms with Gasteiger partial charge in [0, 0.05) is 12.4 Å². The van der Waals surface area contributed by atoms with Crippen molar-refractivity contribution < 1.29 is 19.7 Å². The summed E-state index contributed by atoms with van der Waals surface area (Å²) < 4.78 is 4.64. The molecule has 0 aromatic carbocycles. The number of aromatic nitrogens is 2. The summed E-state index contributed by atoms with van der Waals surface area (Å²) in [5.41, 5.74) is 0. The van der Waals surface area contributed by atoms with Gasteiger partial charge in [-0.15, -0.1) is 0 Å². The fourth-order valence-corrected chi connectivity index (χ4v) is 1.12. The molecule has 0 aliphatic heterocycles. The summed E-state index contributed by atoms with van der Waals surface area (Å²) in [6, 6.07) is 0. The number of carbonyl (C=O) groups is 1. The fourth-order valence-electron chi connectivity index (χ4n) is 1.12. The molecule has 1 rings (SSSR count). The van der Waals surface area contributed by atoms with Crippen molar-refractivity contribution in [3.05, 3.63) is 18.2 Å². The van der Waals surface area contributed by atoms with Gasteiger partial charge in [-0.25, -0.2) is 4.98 Å². The predicted octanol–water partition coefficient (Wildman–Crippen LogP) is -0.243. The van der Waals surface area contributed by atoms with Crippen LogP contribution in [0.25, 0.3) is 0 Å². The van der Waals surface area contributed by atoms with Gasteiger partial charge in [-0.2, -0.15) is 0 Å². The first kappa shape index (κ1) is 11.7. The molecule has 3 N–H and O–H groups in total. The molecule has 0 aliphatic rings. The van der Waals surface area contributed by atoms with E-state index < -0.39 is 18.2 Å². The van der Waals surface area contributed by atoms with Crippen LogP contribution in [-0.4, -0.2) is 38.9 Å². The van der Waals surface area contributed by atoms with Gasteiger partial charge in [-0.05, 0) is 6.92 Å². The summed E-state index contributed by atoms with van der Waals surface area (Å²) in [5, 5.41) is 19.0. The van der Waals surface area contributed by atoms with E-state index in [1.54, 1.807) is 6.92 Å². The van der Waals surface area contributed by atoms with E-state index in [9.17, 15) is 15.0 Å². The lowest BCUT2D eigenvalue weighted by Crippen LogP contribution is -2.23. The van der Waals surface area contributed by atoms with Crippen LogP contribution < -0.4 is 0 Å². The van der Waals surface area contributed by atoms with Gasteiger partial charge in [0.15, 0.2) is 0 Å². The number of imidazole rings is 1. The lowest BCUT2D eigenvalue weighted by Gasteiger charge is -2.14. The highest BCUT2D eigenvalue weighted by atomic mass is 16.5. The molecule has 0 fully saturated rings. The topological polar surface area (TPSA) is 95.4 Å². The van der Waals surface area contributed by atoms with Crippen LogP contribution >= 0.6 is 0 Å². The number of esters is 1. The minimum atomic E-state index is -1.21. The van der Waals surface area contributed by atoms with Gasteiger partial charge in [0.2, 0.25) is 0 Å². The van der Waals surface area contributed by atoms with Crippen LogP contribution in [0.2, 0.25) is 0 Å². The molecule has 15 heavy (non-hydrogen) atoms. The van der Waals surface area contributed by atoms with Gasteiger partial charge >= 0.3 is 5.97 Å². The molecule has 1 heterocycles. The standard InChI is InChI=1S/C9H14N2O4/c1-2-15-7(13)5-6(12)8(14)9-10-3-4-11-9/h3-4,6,8,12,14H,2,5H2,1H3,(H,10,11). The van der Waals surface area contributed by atoms with E-state index in [0.29, 0.717) is 0 Å². The average molecular weight is 214 g/mol. The van der Waals surface area contributed by atoms with E-state index in [2.05, 4.69) is 14.7 Å². The quantitative estimate of drug-likeness (QED) is 0.588. The number of hydrogen-bond acceptors (Lipinski definition) is 5. The second-order valence-corrected chi connectivity index (χ2v) is 3.00. The van der Waals surface area contributed by atoms with Crippen LogP contribution in [0.5, 0.6) is 0 Å². The lowest BCUT2D eigenvalue weighted by atomic mass is 10.1. The normalized spacial score (nSPS) is 14.6. The van der Waals surface area contributed by atoms with E-state index in [1.807, 2.05) is 0 Å². The van der Waals surface area contributed by atoms with Gasteiger partial charge in [0.1, 0.15) is 11.9 Å². The maximum absolute atomic E-state index is 11.0. The zero-order chi connectivity index (χ0) is 11.3. The van der Waals surface area contributed by atoms with Gasteiger partial charge < -0.3 is 19.9 Å². The van der Waals surface area contributed by atoms with Crippen LogP contribution in [0.4, 0.5) is 0 Å². The molecule has 0 bridgehead atoms. The lowest BCUT2D eigenvalue weighted by molar-refractivity contribution is -0.147. The molecule has 2 atom stereocenters. The molecule has 0 amide bonds. The molecule has 0 radical (unpaired) electrons. The number of hydrogen-bond donors (Lipinski definition) is 3. The number of aliphatic hydroxyl groups is 2. The van der Waals surface area contributed by atoms with E-state index >= 15 is 0 Å². The number of aliphatic hydroxyl groups excluding tert-OH is 2. The second-order valence-electron chi connectivity index (χ2n) is 3.00. The summed E-state index contributed by atoms with van der Waals surface area (Å²) in [4.78, 5) is 17.4. The number of rotatable bonds is 5. The third kappa shape index (κ3) is 3.34. The first-order valence-electron chi connectivity index (χ1n) is 4.66. The monoisotopic (exact) mass is 214 g/mol. The minimum absolute atomic E-state index is 0.229. The van der Waals surface area contributed by atoms with Crippen molar-refractivity contribution in [3.63, 3.8) is 0 Å². The van der Waals surface area contributed by atoms with Crippen molar-refractivity contribution in [2.75, 3.05) is 6.61 Å². The maximum Gasteiger partial charge on any atom is 0.308 e. The molecule has 2 unspecified atom stereocenters. The Kier molecular flexibility index (Phi) is 4.26. The molecule has 1 aromatic heterocycles. The molecule has 84 valence electrons. The molecule has 0 saturated heterocycles. The fraction of sp³-hybridized carbons (Fsp3) is 0.556. The predicted molar refractivity (Wildman–Crippen MR) is 50.8 cm³/mol. The van der Waals surface area contributed by atoms with Crippen LogP contribution in [0, 0.1) is 0 Å². The Bertz CT molecular complexity index is 299. The number of H-pyrrole nitrogens is 1. The molecular weight excluding hydrogens is 200 g/mol. The van der Waals surface area contributed by atoms with Crippen molar-refractivity contribution in [2.24, 2.45) is 0 Å². The van der Waals surface area contributed by atoms with Crippen molar-refractivity contribution in [1.29, 1.82) is 0 Å². The molecule has 0 saturated carbocycles. The van der Waals surface area contributed by atoms with Crippen LogP contribution in [-0.2, 0) is 9.53 Å². The molecule has 0 aliphatic carbocycles. The van der Waals surface area contributed by atoms with Crippen molar-refractivity contribution in [2.45, 2.75) is 25.6 Å². The number of aromatic amines is 1. The van der Waals surface area contributed by atoms with Crippen LogP contribution in [0.1, 0.15) is 25.3 Å². The first-order valence-corrected chi connectivity index (χ1v) is 4.66. The van der Waals surface area contributed by atoms with Crippen LogP contribution in [0.15, 0.2) is 12.4 Å². The Morgan fingerprint density at radius 3 is 2.93 bits per heavy atom. The Balaban J connectivity index is 2.46. The summed E-state index contributed by atoms with van der Waals surface area (Å²) in [6.07, 6.45) is 0.306. The SMILES string of the molecule is CCOC(=O)CC(O)C(O)c1ncc[nH]1. The maximum atomic E-state index is 11.0. The van der Waals surface area contributed by atoms with Gasteiger partial charge in [0.25, 0.3) is 0 Å². The van der Waals surface area contributed by atoms with Gasteiger partial charge in [0.05, 0.1) is 19.1 Å². The second kappa shape index (κ2) is 5.47. The highest BCUT2D eigenvalue weighted by Crippen LogP contribution is 2.14. The summed E-state index contributed by atoms with van der Waals surface area (Å²) in [7, 11) is 0. The third-order valence-electron chi connectivity index (χ3n) is 1.85. The summed E-state index contributed by atoms with van der Waals surface area (Å²) >= 11 is 0. The first-order chi connectivity index (χ1) is 7.15. The molecule has 6 heteroatoms. The smallest absolute Gasteiger partial charge is 0.308 e. The average Bonchev–Trinajstić information content (AvgIpc) is 2.69. The minimum Gasteiger partial charge on any atom is -0.466 e. The zero-order valence-corrected chi connectivity index (χ0v) is 8.38. The van der Waals surface area contributed by atoms with Crippen molar-refractivity contribution in [3.8, 4) is 0 Å². The summed E-state index contributed by atoms with van der Waals surface area (Å²) in [6.45, 7) is 1.93. The van der Waals surface area contributed by atoms with E-state index in [4.69, 9.17) is 0 Å². The summed E-state index contributed by atoms with van der Waals surface area (Å²) in [5.74, 6) is -0.317. The van der Waals surface area contributed by atoms with E-state index in [0.717, 1.165) is 0 Å². The Hall–Kier alpha value is -1.40. The highest BCUT2D eigenvalue weighted by Gasteiger charge is 2.23. The van der Waals surface area contributed by atoms with E-state index in [-0.39, 0.29) is 18.9 Å². The number of carbonyl (C=O) groups excluding carboxylic acids is 1. The van der Waals surface area contributed by atoms with Gasteiger partial charge in [-0.3, -0.25) is 4.79 Å².